The van der Waals surface area contributed by atoms with E-state index in [2.05, 4.69) is 4.98 Å². The van der Waals surface area contributed by atoms with Crippen molar-refractivity contribution in [3.8, 4) is 0 Å². The van der Waals surface area contributed by atoms with Gasteiger partial charge in [-0.25, -0.2) is 4.98 Å². The van der Waals surface area contributed by atoms with Crippen LogP contribution in [0.15, 0.2) is 12.3 Å². The SMILES string of the molecule is O=C(O)CC1(c2cnc(Cl)c(Cl)c2)CC1. The van der Waals surface area contributed by atoms with Crippen molar-refractivity contribution in [3.05, 3.63) is 28.0 Å². The molecule has 1 aliphatic carbocycles. The number of carboxylic acids is 1. The number of carbonyl (C=O) groups is 1. The zero-order valence-corrected chi connectivity index (χ0v) is 9.35. The molecular formula is C10H9Cl2NO2. The van der Waals surface area contributed by atoms with E-state index in [-0.39, 0.29) is 17.0 Å². The third kappa shape index (κ3) is 2.08. The lowest BCUT2D eigenvalue weighted by molar-refractivity contribution is -0.137. The molecule has 0 aliphatic heterocycles. The van der Waals surface area contributed by atoms with Gasteiger partial charge in [-0.2, -0.15) is 0 Å². The van der Waals surface area contributed by atoms with E-state index < -0.39 is 5.97 Å². The Hall–Kier alpha value is -0.800. The lowest BCUT2D eigenvalue weighted by Crippen LogP contribution is -2.13. The average molecular weight is 246 g/mol. The zero-order valence-electron chi connectivity index (χ0n) is 7.83. The molecule has 1 aromatic rings. The van der Waals surface area contributed by atoms with Crippen LogP contribution >= 0.6 is 23.2 Å². The summed E-state index contributed by atoms with van der Waals surface area (Å²) >= 11 is 11.5. The van der Waals surface area contributed by atoms with Gasteiger partial charge in [0.15, 0.2) is 0 Å². The lowest BCUT2D eigenvalue weighted by Gasteiger charge is -2.12. The molecule has 1 aliphatic rings. The molecule has 0 saturated heterocycles. The number of aliphatic carboxylic acids is 1. The van der Waals surface area contributed by atoms with Gasteiger partial charge >= 0.3 is 5.97 Å². The molecule has 0 amide bonds. The first-order chi connectivity index (χ1) is 7.03. The van der Waals surface area contributed by atoms with E-state index in [0.29, 0.717) is 5.02 Å². The maximum absolute atomic E-state index is 10.7. The Kier molecular flexibility index (Phi) is 2.61. The van der Waals surface area contributed by atoms with Gasteiger partial charge in [0.2, 0.25) is 0 Å². The Balaban J connectivity index is 2.29. The summed E-state index contributed by atoms with van der Waals surface area (Å²) in [6.07, 6.45) is 3.49. The summed E-state index contributed by atoms with van der Waals surface area (Å²) in [4.78, 5) is 14.6. The highest BCUT2D eigenvalue weighted by atomic mass is 35.5. The fraction of sp³-hybridized carbons (Fsp3) is 0.400. The van der Waals surface area contributed by atoms with Crippen LogP contribution in [-0.2, 0) is 10.2 Å². The van der Waals surface area contributed by atoms with Gasteiger partial charge in [-0.05, 0) is 24.5 Å². The van der Waals surface area contributed by atoms with Crippen molar-refractivity contribution in [2.24, 2.45) is 0 Å². The number of hydrogen-bond donors (Lipinski definition) is 1. The number of rotatable bonds is 3. The van der Waals surface area contributed by atoms with Gasteiger partial charge in [-0.3, -0.25) is 4.79 Å². The van der Waals surface area contributed by atoms with Gasteiger partial charge in [0, 0.05) is 11.6 Å². The fourth-order valence-electron chi connectivity index (χ4n) is 1.72. The normalized spacial score (nSPS) is 17.5. The lowest BCUT2D eigenvalue weighted by atomic mass is 9.94. The predicted molar refractivity (Wildman–Crippen MR) is 57.4 cm³/mol. The van der Waals surface area contributed by atoms with Crippen LogP contribution in [0.1, 0.15) is 24.8 Å². The Morgan fingerprint density at radius 1 is 1.53 bits per heavy atom. The quantitative estimate of drug-likeness (QED) is 0.834. The third-order valence-corrected chi connectivity index (χ3v) is 3.44. The number of pyridine rings is 1. The Labute approximate surface area is 97.0 Å². The summed E-state index contributed by atoms with van der Waals surface area (Å²) in [5.41, 5.74) is 0.617. The number of halogens is 2. The molecule has 15 heavy (non-hydrogen) atoms. The van der Waals surface area contributed by atoms with Crippen LogP contribution in [0.5, 0.6) is 0 Å². The van der Waals surface area contributed by atoms with Crippen molar-refractivity contribution in [3.63, 3.8) is 0 Å². The van der Waals surface area contributed by atoms with Crippen LogP contribution in [-0.4, -0.2) is 16.1 Å². The van der Waals surface area contributed by atoms with Crippen molar-refractivity contribution in [2.75, 3.05) is 0 Å². The number of hydrogen-bond acceptors (Lipinski definition) is 2. The molecule has 80 valence electrons. The fourth-order valence-corrected chi connectivity index (χ4v) is 1.99. The summed E-state index contributed by atoms with van der Waals surface area (Å²) < 4.78 is 0. The molecule has 0 unspecified atom stereocenters. The predicted octanol–water partition coefficient (Wildman–Crippen LogP) is 2.89. The van der Waals surface area contributed by atoms with E-state index in [0.717, 1.165) is 18.4 Å². The highest BCUT2D eigenvalue weighted by Crippen LogP contribution is 2.51. The molecule has 3 nitrogen and oxygen atoms in total. The standard InChI is InChI=1S/C10H9Cl2NO2/c11-7-3-6(5-13-9(7)12)10(1-2-10)4-8(14)15/h3,5H,1-2,4H2,(H,14,15). The Bertz CT molecular complexity index is 416. The van der Waals surface area contributed by atoms with Gasteiger partial charge in [-0.1, -0.05) is 23.2 Å². The first-order valence-corrected chi connectivity index (χ1v) is 5.32. The van der Waals surface area contributed by atoms with Crippen LogP contribution in [0, 0.1) is 0 Å². The monoisotopic (exact) mass is 245 g/mol. The molecule has 5 heteroatoms. The van der Waals surface area contributed by atoms with Crippen molar-refractivity contribution < 1.29 is 9.90 Å². The second kappa shape index (κ2) is 3.65. The number of nitrogens with zero attached hydrogens (tertiary/aromatic N) is 1. The summed E-state index contributed by atoms with van der Waals surface area (Å²) in [6, 6.07) is 1.72. The molecule has 0 bridgehead atoms. The second-order valence-electron chi connectivity index (χ2n) is 3.85. The van der Waals surface area contributed by atoms with Crippen molar-refractivity contribution in [1.82, 2.24) is 4.98 Å². The van der Waals surface area contributed by atoms with E-state index in [1.807, 2.05) is 0 Å². The summed E-state index contributed by atoms with van der Waals surface area (Å²) in [5.74, 6) is -0.793. The van der Waals surface area contributed by atoms with Crippen LogP contribution in [0.3, 0.4) is 0 Å². The van der Waals surface area contributed by atoms with E-state index in [9.17, 15) is 4.79 Å². The van der Waals surface area contributed by atoms with Gasteiger partial charge < -0.3 is 5.11 Å². The largest absolute Gasteiger partial charge is 0.481 e. The molecule has 0 aromatic carbocycles. The topological polar surface area (TPSA) is 50.2 Å². The maximum atomic E-state index is 10.7. The third-order valence-electron chi connectivity index (χ3n) is 2.75. The van der Waals surface area contributed by atoms with Crippen LogP contribution in [0.4, 0.5) is 0 Å². The minimum absolute atomic E-state index is 0.132. The second-order valence-corrected chi connectivity index (χ2v) is 4.61. The molecule has 1 N–H and O–H groups in total. The highest BCUT2D eigenvalue weighted by Gasteiger charge is 2.46. The molecule has 1 aromatic heterocycles. The van der Waals surface area contributed by atoms with Gasteiger partial charge in [0.1, 0.15) is 5.15 Å². The summed E-state index contributed by atoms with van der Waals surface area (Å²) in [7, 11) is 0. The highest BCUT2D eigenvalue weighted by molar-refractivity contribution is 6.41. The molecule has 1 saturated carbocycles. The molecule has 1 fully saturated rings. The van der Waals surface area contributed by atoms with Crippen molar-refractivity contribution >= 4 is 29.2 Å². The molecule has 1 heterocycles. The minimum atomic E-state index is -0.793. The van der Waals surface area contributed by atoms with E-state index in [4.69, 9.17) is 28.3 Å². The number of carboxylic acid groups (broad SMARTS) is 1. The summed E-state index contributed by atoms with van der Waals surface area (Å²) in [6.45, 7) is 0. The Morgan fingerprint density at radius 2 is 2.20 bits per heavy atom. The molecule has 2 rings (SSSR count). The average Bonchev–Trinajstić information content (AvgIpc) is 2.89. The van der Waals surface area contributed by atoms with Gasteiger partial charge in [-0.15, -0.1) is 0 Å². The molecule has 0 radical (unpaired) electrons. The minimum Gasteiger partial charge on any atom is -0.481 e. The Morgan fingerprint density at radius 3 is 2.67 bits per heavy atom. The first kappa shape index (κ1) is 10.7. The molecule has 0 atom stereocenters. The van der Waals surface area contributed by atoms with E-state index in [1.54, 1.807) is 12.3 Å². The van der Waals surface area contributed by atoms with Gasteiger partial charge in [0.05, 0.1) is 11.4 Å². The van der Waals surface area contributed by atoms with Crippen LogP contribution < -0.4 is 0 Å². The smallest absolute Gasteiger partial charge is 0.304 e. The van der Waals surface area contributed by atoms with E-state index in [1.165, 1.54) is 0 Å². The summed E-state index contributed by atoms with van der Waals surface area (Å²) in [5, 5.41) is 9.43. The van der Waals surface area contributed by atoms with Crippen molar-refractivity contribution in [1.29, 1.82) is 0 Å². The molecular weight excluding hydrogens is 237 g/mol. The maximum Gasteiger partial charge on any atom is 0.304 e. The first-order valence-electron chi connectivity index (χ1n) is 4.57. The van der Waals surface area contributed by atoms with Crippen molar-refractivity contribution in [2.45, 2.75) is 24.7 Å². The van der Waals surface area contributed by atoms with Crippen LogP contribution in [0.2, 0.25) is 10.2 Å². The number of aromatic nitrogens is 1. The molecule has 0 spiro atoms. The zero-order chi connectivity index (χ0) is 11.1. The van der Waals surface area contributed by atoms with Crippen LogP contribution in [0.25, 0.3) is 0 Å². The van der Waals surface area contributed by atoms with E-state index >= 15 is 0 Å². The van der Waals surface area contributed by atoms with Gasteiger partial charge in [0.25, 0.3) is 0 Å².